The molecular weight excluding hydrogens is 550 g/mol. The molecule has 0 aromatic heterocycles. The lowest BCUT2D eigenvalue weighted by Gasteiger charge is -2.18. The summed E-state index contributed by atoms with van der Waals surface area (Å²) in [7, 11) is 1.80. The van der Waals surface area contributed by atoms with Gasteiger partial charge in [-0.2, -0.15) is 0 Å². The van der Waals surface area contributed by atoms with Crippen molar-refractivity contribution in [3.63, 3.8) is 0 Å². The third-order valence-electron chi connectivity index (χ3n) is 6.26. The molecule has 0 saturated carbocycles. The molecule has 0 aliphatic rings. The molecule has 0 aliphatic carbocycles. The standard InChI is InChI=1S/C23H39N5O3.C10H14.C3H8/c1-18(2)28-17-21(24-4)23(30)27-11-7-9-20-8-5-6-10-22(20)31-15-13-25-16-19(3)26-12-14-29;1-3-4-10-7-5-9(2)6-8-10;1-3-2/h5-6,8,10,14,18,21,24-26,28H,3,7,9,11-13,15-17H2,1-2,4H3,(H,27,30);5-8H,3-4H2,1-2H3;3H2,1-2H3. The van der Waals surface area contributed by atoms with E-state index in [1.807, 2.05) is 18.2 Å². The normalized spacial score (nSPS) is 10.9. The van der Waals surface area contributed by atoms with Crippen LogP contribution in [0, 0.1) is 6.92 Å². The highest BCUT2D eigenvalue weighted by Crippen LogP contribution is 2.19. The second kappa shape index (κ2) is 27.4. The highest BCUT2D eigenvalue weighted by molar-refractivity contribution is 5.81. The van der Waals surface area contributed by atoms with Gasteiger partial charge in [0.05, 0.1) is 12.6 Å². The van der Waals surface area contributed by atoms with Gasteiger partial charge in [0.25, 0.3) is 0 Å². The third-order valence-corrected chi connectivity index (χ3v) is 6.26. The van der Waals surface area contributed by atoms with Crippen LogP contribution in [0.3, 0.4) is 0 Å². The Morgan fingerprint density at radius 2 is 1.66 bits per heavy atom. The van der Waals surface area contributed by atoms with Crippen molar-refractivity contribution >= 4 is 12.2 Å². The Bertz CT molecular complexity index is 1010. The monoisotopic (exact) mass is 611 g/mol. The van der Waals surface area contributed by atoms with E-state index in [-0.39, 0.29) is 18.5 Å². The van der Waals surface area contributed by atoms with Gasteiger partial charge in [0, 0.05) is 37.9 Å². The van der Waals surface area contributed by atoms with E-state index in [0.29, 0.717) is 38.8 Å². The molecule has 2 aromatic carbocycles. The van der Waals surface area contributed by atoms with Crippen molar-refractivity contribution in [1.29, 1.82) is 0 Å². The number of para-hydroxylation sites is 1. The number of rotatable bonds is 20. The first-order valence-electron chi connectivity index (χ1n) is 16.2. The van der Waals surface area contributed by atoms with Gasteiger partial charge in [-0.15, -0.1) is 0 Å². The molecule has 1 amide bonds. The van der Waals surface area contributed by atoms with Gasteiger partial charge in [-0.05, 0) is 50.4 Å². The second-order valence-electron chi connectivity index (χ2n) is 11.0. The molecule has 0 aliphatic heterocycles. The van der Waals surface area contributed by atoms with Gasteiger partial charge in [0.1, 0.15) is 18.6 Å². The van der Waals surface area contributed by atoms with Crippen LogP contribution in [-0.2, 0) is 22.4 Å². The zero-order valence-electron chi connectivity index (χ0n) is 28.6. The molecule has 1 atom stereocenters. The molecule has 0 heterocycles. The molecule has 2 aromatic rings. The van der Waals surface area contributed by atoms with E-state index in [1.165, 1.54) is 30.4 Å². The molecule has 0 bridgehead atoms. The topological polar surface area (TPSA) is 104 Å². The molecule has 2 rings (SSSR count). The lowest BCUT2D eigenvalue weighted by atomic mass is 10.1. The van der Waals surface area contributed by atoms with Gasteiger partial charge >= 0.3 is 0 Å². The summed E-state index contributed by atoms with van der Waals surface area (Å²) in [6.45, 7) is 19.8. The van der Waals surface area contributed by atoms with Crippen molar-refractivity contribution in [2.45, 2.75) is 85.7 Å². The highest BCUT2D eigenvalue weighted by atomic mass is 16.5. The summed E-state index contributed by atoms with van der Waals surface area (Å²) < 4.78 is 5.91. The van der Waals surface area contributed by atoms with Crippen molar-refractivity contribution in [3.8, 4) is 5.75 Å². The van der Waals surface area contributed by atoms with E-state index in [0.717, 1.165) is 36.1 Å². The Hall–Kier alpha value is -3.20. The van der Waals surface area contributed by atoms with E-state index < -0.39 is 0 Å². The van der Waals surface area contributed by atoms with Crippen LogP contribution in [0.1, 0.15) is 70.6 Å². The number of nitrogens with one attached hydrogen (secondary N) is 5. The molecule has 0 fully saturated rings. The molecule has 0 spiro atoms. The number of carbonyl (C=O) groups excluding carboxylic acids is 2. The molecule has 0 saturated heterocycles. The van der Waals surface area contributed by atoms with Crippen molar-refractivity contribution < 1.29 is 14.3 Å². The SMILES string of the molecule is C=C(CNCCOc1ccccc1CCCNC(=O)C(CNC(C)C)NC)NCC=O.CCC.CCCc1ccc(C)cc1. The Morgan fingerprint density at radius 1 is 0.977 bits per heavy atom. The number of amides is 1. The minimum Gasteiger partial charge on any atom is -0.492 e. The second-order valence-corrected chi connectivity index (χ2v) is 11.0. The summed E-state index contributed by atoms with van der Waals surface area (Å²) in [5.41, 5.74) is 4.70. The lowest BCUT2D eigenvalue weighted by molar-refractivity contribution is -0.123. The predicted molar refractivity (Wildman–Crippen MR) is 186 cm³/mol. The summed E-state index contributed by atoms with van der Waals surface area (Å²) in [6, 6.07) is 16.8. The van der Waals surface area contributed by atoms with Gasteiger partial charge in [-0.3, -0.25) is 4.79 Å². The van der Waals surface area contributed by atoms with Crippen molar-refractivity contribution in [2.75, 3.05) is 46.4 Å². The van der Waals surface area contributed by atoms with Crippen LogP contribution in [0.4, 0.5) is 0 Å². The van der Waals surface area contributed by atoms with Crippen LogP contribution in [0.25, 0.3) is 0 Å². The first-order chi connectivity index (χ1) is 21.2. The summed E-state index contributed by atoms with van der Waals surface area (Å²) in [4.78, 5) is 22.6. The number of aryl methyl sites for hydroxylation is 3. The van der Waals surface area contributed by atoms with E-state index in [1.54, 1.807) is 7.05 Å². The molecule has 0 radical (unpaired) electrons. The number of ether oxygens (including phenoxy) is 1. The Kier molecular flexibility index (Phi) is 25.4. The number of aldehydes is 1. The van der Waals surface area contributed by atoms with E-state index >= 15 is 0 Å². The minimum absolute atomic E-state index is 0.00970. The smallest absolute Gasteiger partial charge is 0.238 e. The fourth-order valence-electron chi connectivity index (χ4n) is 3.91. The van der Waals surface area contributed by atoms with Crippen molar-refractivity contribution in [3.05, 3.63) is 77.5 Å². The van der Waals surface area contributed by atoms with Gasteiger partial charge in [-0.25, -0.2) is 0 Å². The van der Waals surface area contributed by atoms with Crippen LogP contribution < -0.4 is 31.3 Å². The van der Waals surface area contributed by atoms with E-state index in [9.17, 15) is 9.59 Å². The van der Waals surface area contributed by atoms with Crippen LogP contribution in [0.15, 0.2) is 60.8 Å². The van der Waals surface area contributed by atoms with Crippen LogP contribution >= 0.6 is 0 Å². The van der Waals surface area contributed by atoms with Gasteiger partial charge in [0.2, 0.25) is 5.91 Å². The zero-order valence-corrected chi connectivity index (χ0v) is 28.6. The van der Waals surface area contributed by atoms with Crippen molar-refractivity contribution in [2.24, 2.45) is 0 Å². The Labute approximate surface area is 268 Å². The van der Waals surface area contributed by atoms with Crippen molar-refractivity contribution in [1.82, 2.24) is 26.6 Å². The third kappa shape index (κ3) is 21.5. The predicted octanol–water partition coefficient (Wildman–Crippen LogP) is 4.96. The number of carbonyl (C=O) groups is 2. The summed E-state index contributed by atoms with van der Waals surface area (Å²) >= 11 is 0. The minimum atomic E-state index is -0.241. The Balaban J connectivity index is 0.00000117. The molecule has 5 N–H and O–H groups in total. The molecule has 248 valence electrons. The molecule has 44 heavy (non-hydrogen) atoms. The summed E-state index contributed by atoms with van der Waals surface area (Å²) in [5.74, 6) is 0.873. The maximum atomic E-state index is 12.3. The lowest BCUT2D eigenvalue weighted by Crippen LogP contribution is -2.49. The molecular formula is C36H61N5O3. The van der Waals surface area contributed by atoms with E-state index in [4.69, 9.17) is 4.74 Å². The highest BCUT2D eigenvalue weighted by Gasteiger charge is 2.15. The Morgan fingerprint density at radius 3 is 2.27 bits per heavy atom. The van der Waals surface area contributed by atoms with Gasteiger partial charge < -0.3 is 36.1 Å². The van der Waals surface area contributed by atoms with Gasteiger partial charge in [0.15, 0.2) is 0 Å². The fourth-order valence-corrected chi connectivity index (χ4v) is 3.91. The number of hydrogen-bond acceptors (Lipinski definition) is 7. The first-order valence-corrected chi connectivity index (χ1v) is 16.2. The number of hydrogen-bond donors (Lipinski definition) is 5. The quantitative estimate of drug-likeness (QED) is 0.107. The number of benzene rings is 2. The van der Waals surface area contributed by atoms with Crippen LogP contribution in [-0.4, -0.2) is 70.7 Å². The van der Waals surface area contributed by atoms with Crippen LogP contribution in [0.5, 0.6) is 5.75 Å². The number of likely N-dealkylation sites (N-methyl/N-ethyl adjacent to an activating group) is 1. The molecule has 8 heteroatoms. The fraction of sp³-hybridized carbons (Fsp3) is 0.556. The largest absolute Gasteiger partial charge is 0.492 e. The average molecular weight is 612 g/mol. The zero-order chi connectivity index (χ0) is 33.0. The maximum Gasteiger partial charge on any atom is 0.238 e. The van der Waals surface area contributed by atoms with Crippen LogP contribution in [0.2, 0.25) is 0 Å². The average Bonchev–Trinajstić information content (AvgIpc) is 3.01. The first kappa shape index (κ1) is 40.8. The van der Waals surface area contributed by atoms with Gasteiger partial charge in [-0.1, -0.05) is 102 Å². The van der Waals surface area contributed by atoms with E-state index in [2.05, 4.69) is 105 Å². The molecule has 8 nitrogen and oxygen atoms in total. The maximum absolute atomic E-state index is 12.3. The summed E-state index contributed by atoms with van der Waals surface area (Å²) in [5, 5.41) is 15.5. The molecule has 1 unspecified atom stereocenters. The summed E-state index contributed by atoms with van der Waals surface area (Å²) in [6.07, 6.45) is 6.16.